The van der Waals surface area contributed by atoms with Crippen LogP contribution in [-0.4, -0.2) is 0 Å². The summed E-state index contributed by atoms with van der Waals surface area (Å²) in [5, 5.41) is 0. The van der Waals surface area contributed by atoms with E-state index in [0.29, 0.717) is 0 Å². The van der Waals surface area contributed by atoms with E-state index in [1.54, 1.807) is 44.5 Å². The summed E-state index contributed by atoms with van der Waals surface area (Å²) in [5.74, 6) is 0. The Balaban J connectivity index is 0.000000783. The van der Waals surface area contributed by atoms with Gasteiger partial charge in [-0.3, -0.25) is 0 Å². The second kappa shape index (κ2) is 30.2. The van der Waals surface area contributed by atoms with Crippen LogP contribution in [0, 0.1) is 27.7 Å². The Morgan fingerprint density at radius 1 is 0.213 bits per heavy atom. The second-order valence-electron chi connectivity index (χ2n) is 16.2. The van der Waals surface area contributed by atoms with Gasteiger partial charge in [-0.15, -0.1) is 44.5 Å². The normalized spacial score (nSPS) is 10.5. The first-order valence-electron chi connectivity index (χ1n) is 24.7. The van der Waals surface area contributed by atoms with Crippen LogP contribution in [0.15, 0.2) is 24.3 Å². The van der Waals surface area contributed by atoms with Crippen molar-refractivity contribution in [1.82, 2.24) is 0 Å². The van der Waals surface area contributed by atoms with Gasteiger partial charge in [0.1, 0.15) is 0 Å². The fourth-order valence-electron chi connectivity index (χ4n) is 10.3. The average Bonchev–Trinajstić information content (AvgIpc) is 3.27. The minimum absolute atomic E-state index is 0. The van der Waals surface area contributed by atoms with Crippen molar-refractivity contribution in [2.75, 3.05) is 0 Å². The van der Waals surface area contributed by atoms with E-state index in [0.717, 1.165) is 103 Å². The van der Waals surface area contributed by atoms with Gasteiger partial charge in [0.25, 0.3) is 0 Å². The predicted molar refractivity (Wildman–Crippen MR) is 274 cm³/mol. The average molecular weight is 861 g/mol. The number of hydrogen-bond donors (Lipinski definition) is 0. The van der Waals surface area contributed by atoms with Crippen molar-refractivity contribution in [1.29, 1.82) is 0 Å². The van der Waals surface area contributed by atoms with E-state index in [1.165, 1.54) is 66.8 Å². The van der Waals surface area contributed by atoms with Crippen LogP contribution in [0.1, 0.15) is 222 Å². The van der Waals surface area contributed by atoms with Crippen LogP contribution < -0.4 is 0 Å². The molecule has 61 heavy (non-hydrogen) atoms. The van der Waals surface area contributed by atoms with Crippen LogP contribution in [-0.2, 0) is 124 Å². The summed E-state index contributed by atoms with van der Waals surface area (Å²) in [5.41, 5.74) is 29.4. The number of rotatable bonds is 16. The van der Waals surface area contributed by atoms with Crippen molar-refractivity contribution in [3.8, 4) is 0 Å². The molecule has 0 aliphatic carbocycles. The van der Waals surface area contributed by atoms with Gasteiger partial charge in [0.05, 0.1) is 0 Å². The standard InChI is InChI=1S/4C15H23.Ti/c4*1-6-12-10-11(5)13(7-2)15(9-4)14(12)8-3;/h4*10H,5-9H2,1-4H3;/q4*-1;+4. The van der Waals surface area contributed by atoms with Gasteiger partial charge in [-0.1, -0.05) is 181 Å². The summed E-state index contributed by atoms with van der Waals surface area (Å²) in [7, 11) is 0. The van der Waals surface area contributed by atoms with Gasteiger partial charge < -0.3 is 0 Å². The van der Waals surface area contributed by atoms with Crippen LogP contribution in [0.5, 0.6) is 0 Å². The SMILES string of the molecule is [CH2-]c1cc(CC)c(CC)c(CC)c1CC.[CH2-]c1cc(CC)c(CC)c(CC)c1CC.[CH2-]c1cc(CC)c(CC)c(CC)c1CC.[CH2-]c1cc(CC)c(CC)c(CC)c1CC.[Ti+4]. The van der Waals surface area contributed by atoms with Crippen molar-refractivity contribution in [2.45, 2.75) is 214 Å². The van der Waals surface area contributed by atoms with Crippen LogP contribution in [0.25, 0.3) is 0 Å². The molecular formula is C60H92Ti. The van der Waals surface area contributed by atoms with E-state index in [-0.39, 0.29) is 21.7 Å². The van der Waals surface area contributed by atoms with Gasteiger partial charge in [-0.05, 0) is 77.0 Å². The smallest absolute Gasteiger partial charge is 0.198 e. The molecule has 1 heteroatoms. The number of aryl methyl sites for hydroxylation is 4. The van der Waals surface area contributed by atoms with Crippen LogP contribution in [0.2, 0.25) is 0 Å². The molecule has 0 N–H and O–H groups in total. The van der Waals surface area contributed by atoms with E-state index < -0.39 is 0 Å². The summed E-state index contributed by atoms with van der Waals surface area (Å²) < 4.78 is 0. The molecule has 4 aromatic rings. The Morgan fingerprint density at radius 2 is 0.344 bits per heavy atom. The van der Waals surface area contributed by atoms with Gasteiger partial charge in [0, 0.05) is 0 Å². The first-order chi connectivity index (χ1) is 28.8. The molecular weight excluding hydrogens is 769 g/mol. The van der Waals surface area contributed by atoms with E-state index in [2.05, 4.69) is 163 Å². The second-order valence-corrected chi connectivity index (χ2v) is 16.2. The quantitative estimate of drug-likeness (QED) is 0.0778. The fraction of sp³-hybridized carbons (Fsp3) is 0.533. The first kappa shape index (κ1) is 58.1. The zero-order valence-corrected chi connectivity index (χ0v) is 44.5. The molecule has 0 saturated carbocycles. The van der Waals surface area contributed by atoms with E-state index >= 15 is 0 Å². The molecule has 336 valence electrons. The van der Waals surface area contributed by atoms with E-state index in [4.69, 9.17) is 0 Å². The third-order valence-electron chi connectivity index (χ3n) is 13.2. The third kappa shape index (κ3) is 14.6. The topological polar surface area (TPSA) is 0 Å². The van der Waals surface area contributed by atoms with Crippen molar-refractivity contribution in [3.05, 3.63) is 163 Å². The molecule has 0 aromatic heterocycles. The van der Waals surface area contributed by atoms with Crippen molar-refractivity contribution in [2.24, 2.45) is 0 Å². The molecule has 0 spiro atoms. The minimum atomic E-state index is 0. The van der Waals surface area contributed by atoms with E-state index in [9.17, 15) is 0 Å². The van der Waals surface area contributed by atoms with Crippen molar-refractivity contribution < 1.29 is 21.7 Å². The predicted octanol–water partition coefficient (Wildman–Crippen LogP) is 16.5. The largest absolute Gasteiger partial charge is 4.00 e. The maximum atomic E-state index is 4.18. The molecule has 0 heterocycles. The van der Waals surface area contributed by atoms with Crippen molar-refractivity contribution >= 4 is 0 Å². The molecule has 0 fully saturated rings. The molecule has 4 aromatic carbocycles. The van der Waals surface area contributed by atoms with Crippen LogP contribution in [0.4, 0.5) is 0 Å². The molecule has 0 atom stereocenters. The summed E-state index contributed by atoms with van der Waals surface area (Å²) in [4.78, 5) is 0. The van der Waals surface area contributed by atoms with Gasteiger partial charge in [-0.2, -0.15) is 74.2 Å². The maximum absolute atomic E-state index is 4.18. The fourth-order valence-corrected chi connectivity index (χ4v) is 10.3. The molecule has 0 aliphatic heterocycles. The molecule has 4 rings (SSSR count). The Labute approximate surface area is 396 Å². The molecule has 0 unspecified atom stereocenters. The maximum Gasteiger partial charge on any atom is 4.00 e. The van der Waals surface area contributed by atoms with Crippen molar-refractivity contribution in [3.63, 3.8) is 0 Å². The number of hydrogen-bond acceptors (Lipinski definition) is 0. The van der Waals surface area contributed by atoms with Crippen LogP contribution >= 0.6 is 0 Å². The van der Waals surface area contributed by atoms with Gasteiger partial charge in [0.2, 0.25) is 0 Å². The van der Waals surface area contributed by atoms with Gasteiger partial charge in [-0.25, -0.2) is 0 Å². The Morgan fingerprint density at radius 3 is 0.443 bits per heavy atom. The monoisotopic (exact) mass is 861 g/mol. The summed E-state index contributed by atoms with van der Waals surface area (Å²) >= 11 is 0. The Hall–Kier alpha value is -2.93. The summed E-state index contributed by atoms with van der Waals surface area (Å²) in [6.45, 7) is 52.7. The molecule has 0 amide bonds. The zero-order chi connectivity index (χ0) is 45.7. The third-order valence-corrected chi connectivity index (χ3v) is 13.2. The van der Waals surface area contributed by atoms with Gasteiger partial charge in [0.15, 0.2) is 0 Å². The first-order valence-corrected chi connectivity index (χ1v) is 24.7. The molecule has 0 radical (unpaired) electrons. The molecule has 0 bridgehead atoms. The Bertz CT molecular complexity index is 1620. The zero-order valence-electron chi connectivity index (χ0n) is 43.0. The Kier molecular flexibility index (Phi) is 28.8. The molecule has 0 saturated heterocycles. The summed E-state index contributed by atoms with van der Waals surface area (Å²) in [6, 6.07) is 9.15. The number of benzene rings is 4. The summed E-state index contributed by atoms with van der Waals surface area (Å²) in [6.07, 6.45) is 18.1. The van der Waals surface area contributed by atoms with Crippen LogP contribution in [0.3, 0.4) is 0 Å². The minimum Gasteiger partial charge on any atom is -0.198 e. The van der Waals surface area contributed by atoms with E-state index in [1.807, 2.05) is 0 Å². The molecule has 0 aliphatic rings. The molecule has 0 nitrogen and oxygen atoms in total. The van der Waals surface area contributed by atoms with Gasteiger partial charge >= 0.3 is 21.7 Å².